The van der Waals surface area contributed by atoms with Crippen LogP contribution in [0.15, 0.2) is 52.0 Å². The van der Waals surface area contributed by atoms with Gasteiger partial charge in [-0.05, 0) is 45.4 Å². The van der Waals surface area contributed by atoms with Gasteiger partial charge in [0, 0.05) is 17.4 Å². The highest BCUT2D eigenvalue weighted by Gasteiger charge is 2.55. The second kappa shape index (κ2) is 6.92. The monoisotopic (exact) mass is 416 g/mol. The molecule has 1 aromatic rings. The highest BCUT2D eigenvalue weighted by Crippen LogP contribution is 2.49. The van der Waals surface area contributed by atoms with Crippen molar-refractivity contribution in [3.05, 3.63) is 52.6 Å². The van der Waals surface area contributed by atoms with Crippen LogP contribution in [0.3, 0.4) is 0 Å². The second-order valence-electron chi connectivity index (χ2n) is 8.30. The van der Waals surface area contributed by atoms with Crippen LogP contribution in [-0.4, -0.2) is 32.4 Å². The number of carbonyl (C=O) groups excluding carboxylic acids is 2. The third kappa shape index (κ3) is 3.26. The van der Waals surface area contributed by atoms with Gasteiger partial charge in [0.2, 0.25) is 0 Å². The number of ketones is 1. The first-order valence-corrected chi connectivity index (χ1v) is 11.1. The molecule has 0 radical (unpaired) electrons. The number of aryl methyl sites for hydroxylation is 1. The maximum absolute atomic E-state index is 12.9. The van der Waals surface area contributed by atoms with Gasteiger partial charge in [-0.2, -0.15) is 8.42 Å². The van der Waals surface area contributed by atoms with E-state index < -0.39 is 34.2 Å². The smallest absolute Gasteiger partial charge is 0.309 e. The Morgan fingerprint density at radius 1 is 1.07 bits per heavy atom. The number of rotatable bonds is 3. The van der Waals surface area contributed by atoms with E-state index in [1.165, 1.54) is 12.1 Å². The van der Waals surface area contributed by atoms with E-state index in [2.05, 4.69) is 0 Å². The molecule has 29 heavy (non-hydrogen) atoms. The van der Waals surface area contributed by atoms with Crippen LogP contribution in [0, 0.1) is 24.7 Å². The van der Waals surface area contributed by atoms with Crippen LogP contribution in [-0.2, 0) is 28.6 Å². The Labute approximate surface area is 170 Å². The number of hydrogen-bond donors (Lipinski definition) is 0. The standard InChI is InChI=1S/C22H24O6S/c1-11-5-7-15(8-6-11)29(25,26)28-17-10-13(3)18-16(23)9-12(2)19(18)21-20(17)14(4)22(24)27-21/h5-9,14,17,19-21H,10H2,1-4H3/t14-,17?,19+,20-,21-/m1/s1. The Bertz CT molecular complexity index is 1050. The average molecular weight is 416 g/mol. The van der Waals surface area contributed by atoms with Crippen molar-refractivity contribution in [1.82, 2.24) is 0 Å². The highest BCUT2D eigenvalue weighted by atomic mass is 32.2. The molecule has 1 saturated heterocycles. The predicted molar refractivity (Wildman–Crippen MR) is 105 cm³/mol. The van der Waals surface area contributed by atoms with Gasteiger partial charge in [-0.1, -0.05) is 35.8 Å². The number of hydrogen-bond acceptors (Lipinski definition) is 6. The van der Waals surface area contributed by atoms with Crippen LogP contribution in [0.25, 0.3) is 0 Å². The Morgan fingerprint density at radius 3 is 2.38 bits per heavy atom. The van der Waals surface area contributed by atoms with Crippen molar-refractivity contribution in [1.29, 1.82) is 0 Å². The maximum Gasteiger partial charge on any atom is 0.309 e. The normalized spacial score (nSPS) is 31.9. The zero-order chi connectivity index (χ0) is 21.1. The quantitative estimate of drug-likeness (QED) is 0.556. The lowest BCUT2D eigenvalue weighted by molar-refractivity contribution is -0.144. The van der Waals surface area contributed by atoms with Crippen molar-refractivity contribution in [3.63, 3.8) is 0 Å². The van der Waals surface area contributed by atoms with Gasteiger partial charge in [0.15, 0.2) is 5.78 Å². The van der Waals surface area contributed by atoms with E-state index in [9.17, 15) is 18.0 Å². The summed E-state index contributed by atoms with van der Waals surface area (Å²) in [6.45, 7) is 7.28. The first-order chi connectivity index (χ1) is 13.6. The molecular formula is C22H24O6S. The Balaban J connectivity index is 1.75. The molecule has 0 aromatic heterocycles. The van der Waals surface area contributed by atoms with Gasteiger partial charge in [0.05, 0.1) is 16.9 Å². The largest absolute Gasteiger partial charge is 0.461 e. The minimum atomic E-state index is -4.04. The summed E-state index contributed by atoms with van der Waals surface area (Å²) in [6.07, 6.45) is 0.449. The summed E-state index contributed by atoms with van der Waals surface area (Å²) in [5.41, 5.74) is 3.17. The Hall–Kier alpha value is -2.25. The minimum absolute atomic E-state index is 0.0689. The molecule has 1 aliphatic heterocycles. The molecule has 0 bridgehead atoms. The zero-order valence-corrected chi connectivity index (χ0v) is 17.7. The van der Waals surface area contributed by atoms with Gasteiger partial charge in [-0.25, -0.2) is 0 Å². The van der Waals surface area contributed by atoms with Crippen LogP contribution >= 0.6 is 0 Å². The molecule has 154 valence electrons. The summed E-state index contributed by atoms with van der Waals surface area (Å²) in [5, 5.41) is 0. The molecule has 7 heteroatoms. The number of carbonyl (C=O) groups is 2. The third-order valence-electron chi connectivity index (χ3n) is 6.29. The molecule has 5 atom stereocenters. The molecule has 1 unspecified atom stereocenters. The third-order valence-corrected chi connectivity index (χ3v) is 7.64. The van der Waals surface area contributed by atoms with Crippen molar-refractivity contribution in [2.24, 2.45) is 17.8 Å². The van der Waals surface area contributed by atoms with E-state index in [4.69, 9.17) is 8.92 Å². The first kappa shape index (κ1) is 20.0. The minimum Gasteiger partial charge on any atom is -0.461 e. The highest BCUT2D eigenvalue weighted by molar-refractivity contribution is 7.86. The first-order valence-electron chi connectivity index (χ1n) is 9.73. The summed E-state index contributed by atoms with van der Waals surface area (Å²) in [5.74, 6) is -1.80. The van der Waals surface area contributed by atoms with Crippen LogP contribution in [0.5, 0.6) is 0 Å². The Kier molecular flexibility index (Phi) is 4.78. The fraction of sp³-hybridized carbons (Fsp3) is 0.455. The van der Waals surface area contributed by atoms with Crippen molar-refractivity contribution in [2.75, 3.05) is 0 Å². The van der Waals surface area contributed by atoms with E-state index in [1.807, 2.05) is 20.8 Å². The van der Waals surface area contributed by atoms with Crippen molar-refractivity contribution in [2.45, 2.75) is 51.2 Å². The van der Waals surface area contributed by atoms with Crippen LogP contribution < -0.4 is 0 Å². The summed E-state index contributed by atoms with van der Waals surface area (Å²) in [4.78, 5) is 25.0. The molecule has 0 spiro atoms. The number of ether oxygens (including phenoxy) is 1. The average Bonchev–Trinajstić information content (AvgIpc) is 3.05. The topological polar surface area (TPSA) is 86.7 Å². The van der Waals surface area contributed by atoms with Crippen molar-refractivity contribution in [3.8, 4) is 0 Å². The molecule has 2 aliphatic carbocycles. The number of allylic oxidation sites excluding steroid dienone is 1. The molecular weight excluding hydrogens is 392 g/mol. The van der Waals surface area contributed by atoms with Gasteiger partial charge in [-0.15, -0.1) is 0 Å². The van der Waals surface area contributed by atoms with Gasteiger partial charge in [0.25, 0.3) is 10.1 Å². The van der Waals surface area contributed by atoms with Gasteiger partial charge in [0.1, 0.15) is 6.10 Å². The summed E-state index contributed by atoms with van der Waals surface area (Å²) in [7, 11) is -4.04. The fourth-order valence-corrected chi connectivity index (χ4v) is 5.91. The molecule has 4 rings (SSSR count). The van der Waals surface area contributed by atoms with Gasteiger partial charge < -0.3 is 4.74 Å². The summed E-state index contributed by atoms with van der Waals surface area (Å²) in [6, 6.07) is 6.44. The fourth-order valence-electron chi connectivity index (χ4n) is 4.81. The summed E-state index contributed by atoms with van der Waals surface area (Å²) < 4.78 is 37.2. The van der Waals surface area contributed by atoms with E-state index >= 15 is 0 Å². The number of fused-ring (bicyclic) bond motifs is 3. The number of benzene rings is 1. The van der Waals surface area contributed by atoms with Crippen LogP contribution in [0.1, 0.15) is 32.8 Å². The number of esters is 1. The van der Waals surface area contributed by atoms with Crippen molar-refractivity contribution >= 4 is 21.9 Å². The maximum atomic E-state index is 12.9. The van der Waals surface area contributed by atoms with E-state index in [1.54, 1.807) is 25.1 Å². The molecule has 6 nitrogen and oxygen atoms in total. The molecule has 0 N–H and O–H groups in total. The molecule has 0 saturated carbocycles. The molecule has 1 aromatic carbocycles. The van der Waals surface area contributed by atoms with Gasteiger partial charge in [-0.3, -0.25) is 13.8 Å². The van der Waals surface area contributed by atoms with E-state index in [0.717, 1.165) is 16.7 Å². The molecule has 3 aliphatic rings. The Morgan fingerprint density at radius 2 is 1.72 bits per heavy atom. The zero-order valence-electron chi connectivity index (χ0n) is 16.8. The lowest BCUT2D eigenvalue weighted by Crippen LogP contribution is -2.38. The van der Waals surface area contributed by atoms with Crippen LogP contribution in [0.4, 0.5) is 0 Å². The van der Waals surface area contributed by atoms with Gasteiger partial charge >= 0.3 is 5.97 Å². The molecule has 1 fully saturated rings. The van der Waals surface area contributed by atoms with Crippen LogP contribution in [0.2, 0.25) is 0 Å². The molecule has 1 heterocycles. The summed E-state index contributed by atoms with van der Waals surface area (Å²) >= 11 is 0. The second-order valence-corrected chi connectivity index (χ2v) is 9.87. The van der Waals surface area contributed by atoms with E-state index in [-0.39, 0.29) is 29.0 Å². The van der Waals surface area contributed by atoms with E-state index in [0.29, 0.717) is 5.57 Å². The SMILES string of the molecule is CC1=CC(=O)C2=C(C)CC(OS(=O)(=O)c3ccc(C)cc3)[C@@H]3[C@H](OC(=O)[C@@H]3C)[C@@H]12. The lowest BCUT2D eigenvalue weighted by Gasteiger charge is -2.29. The van der Waals surface area contributed by atoms with Crippen molar-refractivity contribution < 1.29 is 26.9 Å². The lowest BCUT2D eigenvalue weighted by atomic mass is 9.80. The predicted octanol–water partition coefficient (Wildman–Crippen LogP) is 3.11. The molecule has 0 amide bonds.